The lowest BCUT2D eigenvalue weighted by molar-refractivity contribution is -0.115. The van der Waals surface area contributed by atoms with E-state index in [4.69, 9.17) is 4.74 Å². The molecule has 1 aliphatic rings. The van der Waals surface area contributed by atoms with Crippen LogP contribution in [0.1, 0.15) is 12.5 Å². The molecule has 0 aliphatic carbocycles. The Labute approximate surface area is 177 Å². The lowest BCUT2D eigenvalue weighted by Gasteiger charge is -2.03. The third-order valence-electron chi connectivity index (χ3n) is 3.37. The molecule has 1 saturated heterocycles. The van der Waals surface area contributed by atoms with Gasteiger partial charge in [-0.2, -0.15) is 0 Å². The molecule has 2 N–H and O–H groups in total. The summed E-state index contributed by atoms with van der Waals surface area (Å²) in [6, 6.07) is 10.9. The van der Waals surface area contributed by atoms with Gasteiger partial charge in [-0.1, -0.05) is 0 Å². The topological polar surface area (TPSA) is 70.9 Å². The number of nitrogens with zero attached hydrogens (tertiary/aromatic N) is 1. The molecule has 5 nitrogen and oxygen atoms in total. The molecule has 2 aromatic carbocycles. The number of amidine groups is 1. The Bertz CT molecular complexity index is 890. The molecule has 0 radical (unpaired) electrons. The highest BCUT2D eigenvalue weighted by molar-refractivity contribution is 14.1. The summed E-state index contributed by atoms with van der Waals surface area (Å²) in [7, 11) is 0. The molecule has 0 atom stereocenters. The highest BCUT2D eigenvalue weighted by Gasteiger charge is 2.24. The van der Waals surface area contributed by atoms with Crippen molar-refractivity contribution in [2.24, 2.45) is 4.99 Å². The van der Waals surface area contributed by atoms with Crippen LogP contribution in [0.2, 0.25) is 0 Å². The average Bonchev–Trinajstić information content (AvgIpc) is 2.94. The van der Waals surface area contributed by atoms with Crippen LogP contribution in [0.5, 0.6) is 11.5 Å². The lowest BCUT2D eigenvalue weighted by atomic mass is 10.2. The second-order valence-electron chi connectivity index (χ2n) is 5.24. The zero-order chi connectivity index (χ0) is 18.7. The van der Waals surface area contributed by atoms with Crippen LogP contribution in [0.3, 0.4) is 0 Å². The lowest BCUT2D eigenvalue weighted by Crippen LogP contribution is -2.19. The first-order chi connectivity index (χ1) is 12.5. The van der Waals surface area contributed by atoms with E-state index in [2.05, 4.69) is 26.2 Å². The number of ether oxygens (including phenoxy) is 1. The quantitative estimate of drug-likeness (QED) is 0.417. The smallest absolute Gasteiger partial charge is 0.264 e. The van der Waals surface area contributed by atoms with E-state index in [1.807, 2.05) is 59.8 Å². The second-order valence-corrected chi connectivity index (χ2v) is 8.29. The summed E-state index contributed by atoms with van der Waals surface area (Å²) in [5.41, 5.74) is 1.55. The van der Waals surface area contributed by atoms with Gasteiger partial charge >= 0.3 is 0 Å². The van der Waals surface area contributed by atoms with Crippen LogP contribution in [0, 0.1) is 3.57 Å². The highest BCUT2D eigenvalue weighted by Crippen LogP contribution is 2.33. The van der Waals surface area contributed by atoms with E-state index in [-0.39, 0.29) is 11.7 Å². The van der Waals surface area contributed by atoms with Crippen molar-refractivity contribution < 1.29 is 14.6 Å². The normalized spacial score (nSPS) is 17.0. The molecule has 0 aromatic heterocycles. The predicted molar refractivity (Wildman–Crippen MR) is 117 cm³/mol. The number of phenols is 1. The summed E-state index contributed by atoms with van der Waals surface area (Å²) in [4.78, 5) is 17.2. The highest BCUT2D eigenvalue weighted by atomic mass is 127. The monoisotopic (exact) mass is 544 g/mol. The Kier molecular flexibility index (Phi) is 6.25. The van der Waals surface area contributed by atoms with Crippen molar-refractivity contribution in [2.75, 3.05) is 6.61 Å². The number of hydrogen-bond acceptors (Lipinski definition) is 5. The fourth-order valence-electron chi connectivity index (χ4n) is 2.20. The van der Waals surface area contributed by atoms with E-state index in [1.165, 1.54) is 11.8 Å². The summed E-state index contributed by atoms with van der Waals surface area (Å²) in [6.07, 6.45) is 1.77. The molecule has 8 heteroatoms. The van der Waals surface area contributed by atoms with Crippen LogP contribution in [0.4, 0.5) is 5.69 Å². The molecule has 134 valence electrons. The van der Waals surface area contributed by atoms with Gasteiger partial charge in [0.2, 0.25) is 0 Å². The Morgan fingerprint density at radius 3 is 2.73 bits per heavy atom. The van der Waals surface area contributed by atoms with Gasteiger partial charge in [0.15, 0.2) is 5.17 Å². The predicted octanol–water partition coefficient (Wildman–Crippen LogP) is 5.05. The molecule has 1 amide bonds. The average molecular weight is 545 g/mol. The Hall–Kier alpha value is -1.52. The van der Waals surface area contributed by atoms with E-state index in [9.17, 15) is 9.90 Å². The standard InChI is InChI=1S/C18H14BrIN2O3S/c1-2-25-12-5-3-11(4-6-12)21-18-22-17(24)15(26-18)9-10-7-13(19)16(23)14(20)8-10/h3-9,23H,2H2,1H3,(H,21,22,24)/b15-9+. The van der Waals surface area contributed by atoms with Crippen molar-refractivity contribution in [3.63, 3.8) is 0 Å². The van der Waals surface area contributed by atoms with Gasteiger partial charge in [-0.3, -0.25) is 4.79 Å². The molecular weight excluding hydrogens is 531 g/mol. The summed E-state index contributed by atoms with van der Waals surface area (Å²) in [5.74, 6) is 0.778. The van der Waals surface area contributed by atoms with Crippen molar-refractivity contribution in [3.8, 4) is 11.5 Å². The van der Waals surface area contributed by atoms with Gasteiger partial charge in [-0.05, 0) is 105 Å². The number of benzene rings is 2. The summed E-state index contributed by atoms with van der Waals surface area (Å²) < 4.78 is 6.69. The van der Waals surface area contributed by atoms with Gasteiger partial charge in [-0.15, -0.1) is 0 Å². The molecular formula is C18H14BrIN2O3S. The van der Waals surface area contributed by atoms with Crippen LogP contribution in [-0.4, -0.2) is 22.8 Å². The van der Waals surface area contributed by atoms with Crippen molar-refractivity contribution in [3.05, 3.63) is 54.9 Å². The van der Waals surface area contributed by atoms with E-state index in [0.717, 1.165) is 17.0 Å². The van der Waals surface area contributed by atoms with Crippen LogP contribution < -0.4 is 10.1 Å². The maximum atomic E-state index is 12.2. The van der Waals surface area contributed by atoms with Gasteiger partial charge in [0, 0.05) is 0 Å². The number of amides is 1. The summed E-state index contributed by atoms with van der Waals surface area (Å²) in [6.45, 7) is 2.54. The number of carbonyl (C=O) groups is 1. The first kappa shape index (κ1) is 19.2. The van der Waals surface area contributed by atoms with E-state index < -0.39 is 0 Å². The van der Waals surface area contributed by atoms with Crippen molar-refractivity contribution in [1.29, 1.82) is 0 Å². The largest absolute Gasteiger partial charge is 0.506 e. The minimum Gasteiger partial charge on any atom is -0.506 e. The fourth-order valence-corrected chi connectivity index (χ4v) is 4.54. The number of thioether (sulfide) groups is 1. The van der Waals surface area contributed by atoms with Gasteiger partial charge < -0.3 is 15.2 Å². The first-order valence-electron chi connectivity index (χ1n) is 7.66. The molecule has 0 bridgehead atoms. The van der Waals surface area contributed by atoms with E-state index >= 15 is 0 Å². The molecule has 2 aromatic rings. The Morgan fingerprint density at radius 1 is 1.35 bits per heavy atom. The fraction of sp³-hybridized carbons (Fsp3) is 0.111. The third-order valence-corrected chi connectivity index (χ3v) is 5.70. The van der Waals surface area contributed by atoms with Gasteiger partial charge in [0.25, 0.3) is 5.91 Å². The van der Waals surface area contributed by atoms with E-state index in [0.29, 0.717) is 24.7 Å². The number of carbonyl (C=O) groups excluding carboxylic acids is 1. The minimum atomic E-state index is -0.195. The molecule has 0 spiro atoms. The zero-order valence-corrected chi connectivity index (χ0v) is 18.2. The molecule has 3 rings (SSSR count). The maximum Gasteiger partial charge on any atom is 0.264 e. The second kappa shape index (κ2) is 8.45. The number of hydrogen-bond donors (Lipinski definition) is 2. The number of aliphatic imine (C=N–C) groups is 1. The number of phenolic OH excluding ortho intramolecular Hbond substituents is 1. The Balaban J connectivity index is 1.80. The van der Waals surface area contributed by atoms with Crippen LogP contribution in [0.25, 0.3) is 6.08 Å². The van der Waals surface area contributed by atoms with Gasteiger partial charge in [-0.25, -0.2) is 4.99 Å². The Morgan fingerprint density at radius 2 is 2.08 bits per heavy atom. The first-order valence-corrected chi connectivity index (χ1v) is 10.4. The zero-order valence-electron chi connectivity index (χ0n) is 13.6. The third kappa shape index (κ3) is 4.60. The van der Waals surface area contributed by atoms with Crippen molar-refractivity contribution in [1.82, 2.24) is 5.32 Å². The molecule has 0 unspecified atom stereocenters. The molecule has 1 heterocycles. The number of halogens is 2. The van der Waals surface area contributed by atoms with Gasteiger partial charge in [0.05, 0.1) is 25.2 Å². The van der Waals surface area contributed by atoms with Gasteiger partial charge in [0.1, 0.15) is 11.5 Å². The minimum absolute atomic E-state index is 0.189. The van der Waals surface area contributed by atoms with Crippen molar-refractivity contribution >= 4 is 73.1 Å². The van der Waals surface area contributed by atoms with Crippen molar-refractivity contribution in [2.45, 2.75) is 6.92 Å². The SMILES string of the molecule is CCOc1ccc(N=C2NC(=O)/C(=C\c3cc(Br)c(O)c(I)c3)S2)cc1. The van der Waals surface area contributed by atoms with Crippen LogP contribution >= 0.6 is 50.3 Å². The number of rotatable bonds is 4. The molecule has 1 aliphatic heterocycles. The molecule has 0 saturated carbocycles. The van der Waals surface area contributed by atoms with Crippen LogP contribution in [-0.2, 0) is 4.79 Å². The number of nitrogens with one attached hydrogen (secondary N) is 1. The van der Waals surface area contributed by atoms with E-state index in [1.54, 1.807) is 12.1 Å². The summed E-state index contributed by atoms with van der Waals surface area (Å²) in [5, 5.41) is 13.1. The van der Waals surface area contributed by atoms with Crippen LogP contribution in [0.15, 0.2) is 50.8 Å². The summed E-state index contributed by atoms with van der Waals surface area (Å²) >= 11 is 6.63. The molecule has 26 heavy (non-hydrogen) atoms. The molecule has 1 fully saturated rings. The number of aromatic hydroxyl groups is 1. The maximum absolute atomic E-state index is 12.2.